The van der Waals surface area contributed by atoms with Gasteiger partial charge in [0, 0.05) is 16.6 Å². The SMILES string of the molecule is CCC1CCCCC1C(N)c1ccc(Cl)cc1F. The maximum atomic E-state index is 13.9. The van der Waals surface area contributed by atoms with E-state index < -0.39 is 0 Å². The minimum atomic E-state index is -0.268. The zero-order valence-electron chi connectivity index (χ0n) is 10.8. The summed E-state index contributed by atoms with van der Waals surface area (Å²) in [5.74, 6) is 0.763. The van der Waals surface area contributed by atoms with Crippen LogP contribution in [0.5, 0.6) is 0 Å². The minimum absolute atomic E-state index is 0.201. The molecular formula is C15H21ClFN. The highest BCUT2D eigenvalue weighted by atomic mass is 35.5. The van der Waals surface area contributed by atoms with Crippen LogP contribution in [0.2, 0.25) is 5.02 Å². The van der Waals surface area contributed by atoms with Gasteiger partial charge < -0.3 is 5.73 Å². The Labute approximate surface area is 114 Å². The highest BCUT2D eigenvalue weighted by Gasteiger charge is 2.30. The van der Waals surface area contributed by atoms with Crippen molar-refractivity contribution >= 4 is 11.6 Å². The van der Waals surface area contributed by atoms with Crippen LogP contribution < -0.4 is 5.73 Å². The predicted octanol–water partition coefficient (Wildman–Crippen LogP) is 4.70. The molecule has 1 fully saturated rings. The molecule has 3 unspecified atom stereocenters. The molecule has 3 atom stereocenters. The van der Waals surface area contributed by atoms with Gasteiger partial charge in [0.15, 0.2) is 0 Å². The van der Waals surface area contributed by atoms with Crippen molar-refractivity contribution in [2.24, 2.45) is 17.6 Å². The molecule has 2 rings (SSSR count). The Morgan fingerprint density at radius 1 is 1.39 bits per heavy atom. The van der Waals surface area contributed by atoms with Gasteiger partial charge in [-0.15, -0.1) is 0 Å². The van der Waals surface area contributed by atoms with Gasteiger partial charge in [-0.25, -0.2) is 4.39 Å². The molecular weight excluding hydrogens is 249 g/mol. The largest absolute Gasteiger partial charge is 0.324 e. The van der Waals surface area contributed by atoms with Gasteiger partial charge in [0.25, 0.3) is 0 Å². The van der Waals surface area contributed by atoms with Gasteiger partial charge in [-0.2, -0.15) is 0 Å². The molecule has 0 spiro atoms. The smallest absolute Gasteiger partial charge is 0.129 e. The van der Waals surface area contributed by atoms with Gasteiger partial charge >= 0.3 is 0 Å². The molecule has 0 aromatic heterocycles. The molecule has 1 nitrogen and oxygen atoms in total. The van der Waals surface area contributed by atoms with E-state index in [9.17, 15) is 4.39 Å². The number of rotatable bonds is 3. The Bertz CT molecular complexity index is 407. The summed E-state index contributed by atoms with van der Waals surface area (Å²) in [6, 6.07) is 4.63. The van der Waals surface area contributed by atoms with Crippen LogP contribution in [0.4, 0.5) is 4.39 Å². The molecule has 0 saturated heterocycles. The fourth-order valence-electron chi connectivity index (χ4n) is 3.22. The van der Waals surface area contributed by atoms with Crippen LogP contribution in [-0.2, 0) is 0 Å². The first-order valence-electron chi connectivity index (χ1n) is 6.84. The summed E-state index contributed by atoms with van der Waals surface area (Å²) in [5, 5.41) is 0.430. The van der Waals surface area contributed by atoms with Crippen molar-refractivity contribution < 1.29 is 4.39 Å². The van der Waals surface area contributed by atoms with Crippen LogP contribution in [-0.4, -0.2) is 0 Å². The summed E-state index contributed by atoms with van der Waals surface area (Å²) in [6.45, 7) is 2.20. The summed E-state index contributed by atoms with van der Waals surface area (Å²) < 4.78 is 13.9. The third kappa shape index (κ3) is 2.86. The van der Waals surface area contributed by atoms with Crippen molar-refractivity contribution in [1.82, 2.24) is 0 Å². The van der Waals surface area contributed by atoms with Crippen molar-refractivity contribution in [3.05, 3.63) is 34.6 Å². The van der Waals surface area contributed by atoms with E-state index in [0.29, 0.717) is 22.4 Å². The van der Waals surface area contributed by atoms with Gasteiger partial charge in [-0.05, 0) is 30.4 Å². The highest BCUT2D eigenvalue weighted by molar-refractivity contribution is 6.30. The van der Waals surface area contributed by atoms with Crippen molar-refractivity contribution in [2.45, 2.75) is 45.1 Å². The molecule has 0 heterocycles. The van der Waals surface area contributed by atoms with E-state index in [2.05, 4.69) is 6.92 Å². The lowest BCUT2D eigenvalue weighted by molar-refractivity contribution is 0.194. The Morgan fingerprint density at radius 3 is 2.78 bits per heavy atom. The van der Waals surface area contributed by atoms with Crippen LogP contribution in [0.3, 0.4) is 0 Å². The van der Waals surface area contributed by atoms with Crippen LogP contribution in [0.1, 0.15) is 50.6 Å². The predicted molar refractivity (Wildman–Crippen MR) is 74.1 cm³/mol. The molecule has 2 N–H and O–H groups in total. The third-order valence-electron chi connectivity index (χ3n) is 4.28. The molecule has 1 aliphatic rings. The number of nitrogens with two attached hydrogens (primary N) is 1. The second-order valence-corrected chi connectivity index (χ2v) is 5.74. The molecule has 0 radical (unpaired) electrons. The van der Waals surface area contributed by atoms with Crippen LogP contribution in [0, 0.1) is 17.7 Å². The van der Waals surface area contributed by atoms with Crippen LogP contribution >= 0.6 is 11.6 Å². The monoisotopic (exact) mass is 269 g/mol. The number of benzene rings is 1. The Hall–Kier alpha value is -0.600. The fourth-order valence-corrected chi connectivity index (χ4v) is 3.38. The van der Waals surface area contributed by atoms with E-state index in [1.165, 1.54) is 25.3 Å². The molecule has 0 amide bonds. The number of hydrogen-bond donors (Lipinski definition) is 1. The summed E-state index contributed by atoms with van der Waals surface area (Å²) >= 11 is 5.78. The molecule has 3 heteroatoms. The second-order valence-electron chi connectivity index (χ2n) is 5.31. The molecule has 0 aliphatic heterocycles. The van der Waals surface area contributed by atoms with Crippen molar-refractivity contribution in [3.8, 4) is 0 Å². The first kappa shape index (κ1) is 13.8. The average molecular weight is 270 g/mol. The lowest BCUT2D eigenvalue weighted by Gasteiger charge is -2.35. The minimum Gasteiger partial charge on any atom is -0.324 e. The summed E-state index contributed by atoms with van der Waals surface area (Å²) in [6.07, 6.45) is 5.97. The molecule has 1 aliphatic carbocycles. The summed E-state index contributed by atoms with van der Waals surface area (Å²) in [4.78, 5) is 0. The van der Waals surface area contributed by atoms with Gasteiger partial charge in [-0.1, -0.05) is 50.3 Å². The molecule has 100 valence electrons. The number of hydrogen-bond acceptors (Lipinski definition) is 1. The lowest BCUT2D eigenvalue weighted by Crippen LogP contribution is -2.31. The van der Waals surface area contributed by atoms with E-state index in [0.717, 1.165) is 12.8 Å². The second kappa shape index (κ2) is 6.03. The third-order valence-corrected chi connectivity index (χ3v) is 4.51. The van der Waals surface area contributed by atoms with Gasteiger partial charge in [-0.3, -0.25) is 0 Å². The average Bonchev–Trinajstić information content (AvgIpc) is 2.38. The fraction of sp³-hybridized carbons (Fsp3) is 0.600. The highest BCUT2D eigenvalue weighted by Crippen LogP contribution is 2.39. The summed E-state index contributed by atoms with van der Waals surface area (Å²) in [5.41, 5.74) is 6.92. The van der Waals surface area contributed by atoms with Crippen molar-refractivity contribution in [1.29, 1.82) is 0 Å². The van der Waals surface area contributed by atoms with E-state index in [1.807, 2.05) is 0 Å². The standard InChI is InChI=1S/C15H21ClFN/c1-2-10-5-3-4-6-12(10)15(18)13-8-7-11(16)9-14(13)17/h7-10,12,15H,2-6,18H2,1H3. The lowest BCUT2D eigenvalue weighted by atomic mass is 9.72. The van der Waals surface area contributed by atoms with Crippen molar-refractivity contribution in [2.75, 3.05) is 0 Å². The Morgan fingerprint density at radius 2 is 2.11 bits per heavy atom. The van der Waals surface area contributed by atoms with E-state index in [4.69, 9.17) is 17.3 Å². The first-order chi connectivity index (χ1) is 8.63. The van der Waals surface area contributed by atoms with Gasteiger partial charge in [0.1, 0.15) is 5.82 Å². The Balaban J connectivity index is 2.20. The van der Waals surface area contributed by atoms with Crippen LogP contribution in [0.15, 0.2) is 18.2 Å². The molecule has 0 bridgehead atoms. The number of halogens is 2. The Kier molecular flexibility index (Phi) is 4.63. The van der Waals surface area contributed by atoms with Gasteiger partial charge in [0.2, 0.25) is 0 Å². The molecule has 18 heavy (non-hydrogen) atoms. The van der Waals surface area contributed by atoms with Crippen LogP contribution in [0.25, 0.3) is 0 Å². The van der Waals surface area contributed by atoms with Gasteiger partial charge in [0.05, 0.1) is 0 Å². The normalized spacial score (nSPS) is 26.0. The van der Waals surface area contributed by atoms with E-state index in [1.54, 1.807) is 12.1 Å². The molecule has 1 aromatic rings. The maximum Gasteiger partial charge on any atom is 0.129 e. The van der Waals surface area contributed by atoms with Crippen molar-refractivity contribution in [3.63, 3.8) is 0 Å². The van der Waals surface area contributed by atoms with E-state index >= 15 is 0 Å². The zero-order valence-corrected chi connectivity index (χ0v) is 11.6. The maximum absolute atomic E-state index is 13.9. The molecule has 1 aromatic carbocycles. The quantitative estimate of drug-likeness (QED) is 0.846. The topological polar surface area (TPSA) is 26.0 Å². The molecule has 1 saturated carbocycles. The van der Waals surface area contributed by atoms with E-state index in [-0.39, 0.29) is 11.9 Å². The first-order valence-corrected chi connectivity index (χ1v) is 7.21. The summed E-state index contributed by atoms with van der Waals surface area (Å²) in [7, 11) is 0. The zero-order chi connectivity index (χ0) is 13.1.